The van der Waals surface area contributed by atoms with Crippen molar-refractivity contribution in [1.29, 1.82) is 5.53 Å². The number of alkyl halides is 3. The lowest BCUT2D eigenvalue weighted by Gasteiger charge is -2.06. The van der Waals surface area contributed by atoms with Crippen LogP contribution in [0.3, 0.4) is 0 Å². The number of thioether (sulfide) groups is 1. The maximum Gasteiger partial charge on any atom is 0.451 e. The Kier molecular flexibility index (Phi) is 6.16. The van der Waals surface area contributed by atoms with E-state index in [-0.39, 0.29) is 10.8 Å². The third-order valence-electron chi connectivity index (χ3n) is 2.64. The molecule has 0 saturated heterocycles. The highest BCUT2D eigenvalue weighted by atomic mass is 35.5. The van der Waals surface area contributed by atoms with Gasteiger partial charge < -0.3 is 5.32 Å². The van der Waals surface area contributed by atoms with Gasteiger partial charge in [0.25, 0.3) is 0 Å². The second kappa shape index (κ2) is 8.11. The first-order chi connectivity index (χ1) is 11.4. The Balaban J connectivity index is 1.99. The van der Waals surface area contributed by atoms with Crippen LogP contribution in [-0.2, 0) is 6.18 Å². The fraction of sp³-hybridized carbons (Fsp3) is 0.143. The van der Waals surface area contributed by atoms with Gasteiger partial charge in [0.2, 0.25) is 5.82 Å². The van der Waals surface area contributed by atoms with Gasteiger partial charge in [-0.2, -0.15) is 18.3 Å². The van der Waals surface area contributed by atoms with Gasteiger partial charge in [0.05, 0.1) is 5.70 Å². The zero-order valence-electron chi connectivity index (χ0n) is 12.0. The lowest BCUT2D eigenvalue weighted by molar-refractivity contribution is -0.145. The number of hydrogen-bond donors (Lipinski definition) is 2. The van der Waals surface area contributed by atoms with Gasteiger partial charge in [-0.15, -0.1) is 0 Å². The number of rotatable bonds is 6. The van der Waals surface area contributed by atoms with Crippen LogP contribution in [0.1, 0.15) is 5.82 Å². The minimum Gasteiger partial charge on any atom is -0.360 e. The van der Waals surface area contributed by atoms with Crippen molar-refractivity contribution >= 4 is 29.1 Å². The molecule has 5 nitrogen and oxygen atoms in total. The first-order valence-corrected chi connectivity index (χ1v) is 7.86. The predicted octanol–water partition coefficient (Wildman–Crippen LogP) is 5.23. The van der Waals surface area contributed by atoms with Gasteiger partial charge in [0, 0.05) is 28.9 Å². The van der Waals surface area contributed by atoms with E-state index >= 15 is 0 Å². The highest BCUT2D eigenvalue weighted by Crippen LogP contribution is 2.28. The lowest BCUT2D eigenvalue weighted by Crippen LogP contribution is -2.10. The highest BCUT2D eigenvalue weighted by molar-refractivity contribution is 7.99. The zero-order chi connectivity index (χ0) is 17.6. The van der Waals surface area contributed by atoms with Crippen LogP contribution in [0, 0.1) is 5.53 Å². The van der Waals surface area contributed by atoms with Crippen molar-refractivity contribution in [3.63, 3.8) is 0 Å². The Hall–Kier alpha value is -2.13. The third kappa shape index (κ3) is 5.50. The summed E-state index contributed by atoms with van der Waals surface area (Å²) in [4.78, 5) is 6.63. The predicted molar refractivity (Wildman–Crippen MR) is 86.1 cm³/mol. The minimum absolute atomic E-state index is 0.151. The first kappa shape index (κ1) is 18.2. The molecule has 126 valence electrons. The van der Waals surface area contributed by atoms with E-state index in [2.05, 4.69) is 20.4 Å². The largest absolute Gasteiger partial charge is 0.451 e. The topological polar surface area (TPSA) is 74.0 Å². The van der Waals surface area contributed by atoms with Gasteiger partial charge >= 0.3 is 6.18 Å². The van der Waals surface area contributed by atoms with Crippen LogP contribution in [0.4, 0.5) is 18.9 Å². The van der Waals surface area contributed by atoms with E-state index in [1.807, 2.05) is 0 Å². The van der Waals surface area contributed by atoms with E-state index in [4.69, 9.17) is 17.1 Å². The molecule has 0 aliphatic rings. The molecule has 0 unspecified atom stereocenters. The van der Waals surface area contributed by atoms with Crippen molar-refractivity contribution in [2.24, 2.45) is 5.11 Å². The second-order valence-corrected chi connectivity index (χ2v) is 5.84. The molecule has 0 atom stereocenters. The van der Waals surface area contributed by atoms with Crippen LogP contribution < -0.4 is 5.32 Å². The number of halogens is 4. The molecule has 0 amide bonds. The van der Waals surface area contributed by atoms with Crippen molar-refractivity contribution in [1.82, 2.24) is 9.97 Å². The summed E-state index contributed by atoms with van der Waals surface area (Å²) in [5, 5.41) is 7.02. The number of nitrogens with zero attached hydrogens (tertiary/aromatic N) is 3. The first-order valence-electron chi connectivity index (χ1n) is 6.50. The van der Waals surface area contributed by atoms with Gasteiger partial charge in [-0.1, -0.05) is 23.4 Å². The Bertz CT molecular complexity index is 734. The van der Waals surface area contributed by atoms with E-state index in [0.29, 0.717) is 10.7 Å². The summed E-state index contributed by atoms with van der Waals surface area (Å²) in [7, 11) is 0. The summed E-state index contributed by atoms with van der Waals surface area (Å²) in [6, 6.07) is 8.25. The molecule has 2 rings (SSSR count). The molecule has 0 fully saturated rings. The number of anilines is 1. The van der Waals surface area contributed by atoms with E-state index in [9.17, 15) is 13.2 Å². The van der Waals surface area contributed by atoms with Crippen molar-refractivity contribution in [2.75, 3.05) is 11.1 Å². The summed E-state index contributed by atoms with van der Waals surface area (Å²) in [5.74, 6) is -1.02. The summed E-state index contributed by atoms with van der Waals surface area (Å²) in [6.45, 7) is 0. The lowest BCUT2D eigenvalue weighted by atomic mass is 10.3. The van der Waals surface area contributed by atoms with Crippen LogP contribution in [0.25, 0.3) is 0 Å². The molecule has 0 radical (unpaired) electrons. The Morgan fingerprint density at radius 1 is 1.29 bits per heavy atom. The van der Waals surface area contributed by atoms with Gasteiger partial charge in [0.1, 0.15) is 5.03 Å². The number of hydrogen-bond acceptors (Lipinski definition) is 6. The molecule has 0 spiro atoms. The molecule has 0 aliphatic carbocycles. The molecule has 1 aromatic heterocycles. The van der Waals surface area contributed by atoms with E-state index in [0.717, 1.165) is 23.6 Å². The standard InChI is InChI=1S/C14H11ClF3N5S/c15-9-1-3-10(4-2-9)21-7-11(23-19)8-24-12-5-6-20-13(22-12)14(16,17)18/h1-7,19,21H,8H2/b11-7-,23-19?. The summed E-state index contributed by atoms with van der Waals surface area (Å²) in [5.41, 5.74) is 8.21. The summed E-state index contributed by atoms with van der Waals surface area (Å²) >= 11 is 6.80. The molecule has 1 heterocycles. The SMILES string of the molecule is N=N/C(=C\Nc1ccc(Cl)cc1)CSc1ccnc(C(F)(F)F)n1. The molecule has 2 aromatic rings. The summed E-state index contributed by atoms with van der Waals surface area (Å²) in [6.07, 6.45) is -2.05. The minimum atomic E-state index is -4.59. The average Bonchev–Trinajstić information content (AvgIpc) is 2.56. The molecule has 0 saturated carbocycles. The molecule has 24 heavy (non-hydrogen) atoms. The van der Waals surface area contributed by atoms with Crippen LogP contribution >= 0.6 is 23.4 Å². The fourth-order valence-corrected chi connectivity index (χ4v) is 2.40. The van der Waals surface area contributed by atoms with Crippen molar-refractivity contribution in [3.8, 4) is 0 Å². The van der Waals surface area contributed by atoms with Crippen molar-refractivity contribution < 1.29 is 13.2 Å². The number of aromatic nitrogens is 2. The molecular weight excluding hydrogens is 363 g/mol. The van der Waals surface area contributed by atoms with Crippen LogP contribution in [-0.4, -0.2) is 15.7 Å². The van der Waals surface area contributed by atoms with Crippen LogP contribution in [0.15, 0.2) is 58.6 Å². The third-order valence-corrected chi connectivity index (χ3v) is 3.86. The zero-order valence-corrected chi connectivity index (χ0v) is 13.6. The molecule has 1 aromatic carbocycles. The molecular formula is C14H11ClF3N5S. The van der Waals surface area contributed by atoms with Gasteiger partial charge in [0.15, 0.2) is 0 Å². The Morgan fingerprint density at radius 2 is 2.00 bits per heavy atom. The average molecular weight is 374 g/mol. The van der Waals surface area contributed by atoms with Crippen molar-refractivity contribution in [2.45, 2.75) is 11.2 Å². The van der Waals surface area contributed by atoms with Crippen LogP contribution in [0.5, 0.6) is 0 Å². The number of benzene rings is 1. The van der Waals surface area contributed by atoms with Gasteiger partial charge in [-0.3, -0.25) is 0 Å². The maximum absolute atomic E-state index is 12.6. The Morgan fingerprint density at radius 3 is 2.62 bits per heavy atom. The van der Waals surface area contributed by atoms with E-state index < -0.39 is 12.0 Å². The number of nitrogens with one attached hydrogen (secondary N) is 2. The molecule has 0 aliphatic heterocycles. The normalized spacial score (nSPS) is 12.1. The molecule has 2 N–H and O–H groups in total. The Labute approximate surface area is 144 Å². The smallest absolute Gasteiger partial charge is 0.360 e. The van der Waals surface area contributed by atoms with E-state index in [1.54, 1.807) is 24.3 Å². The van der Waals surface area contributed by atoms with Gasteiger partial charge in [-0.25, -0.2) is 15.5 Å². The summed E-state index contributed by atoms with van der Waals surface area (Å²) < 4.78 is 37.7. The second-order valence-electron chi connectivity index (χ2n) is 4.40. The quantitative estimate of drug-likeness (QED) is 0.413. The highest BCUT2D eigenvalue weighted by Gasteiger charge is 2.34. The van der Waals surface area contributed by atoms with E-state index in [1.165, 1.54) is 12.3 Å². The van der Waals surface area contributed by atoms with Crippen molar-refractivity contribution in [3.05, 3.63) is 59.3 Å². The van der Waals surface area contributed by atoms with Crippen LogP contribution in [0.2, 0.25) is 5.02 Å². The van der Waals surface area contributed by atoms with Gasteiger partial charge in [-0.05, 0) is 30.3 Å². The maximum atomic E-state index is 12.6. The molecule has 0 bridgehead atoms. The fourth-order valence-electron chi connectivity index (χ4n) is 1.53. The molecule has 10 heteroatoms. The monoisotopic (exact) mass is 373 g/mol.